The number of aromatic nitrogens is 3. The van der Waals surface area contributed by atoms with Crippen molar-refractivity contribution in [2.75, 3.05) is 13.2 Å². The van der Waals surface area contributed by atoms with Crippen molar-refractivity contribution < 1.29 is 14.2 Å². The molecule has 6 nitrogen and oxygen atoms in total. The van der Waals surface area contributed by atoms with E-state index in [0.717, 1.165) is 29.8 Å². The highest BCUT2D eigenvalue weighted by Gasteiger charge is 2.43. The van der Waals surface area contributed by atoms with E-state index in [0.29, 0.717) is 23.3 Å². The minimum Gasteiger partial charge on any atom is -0.456 e. The highest BCUT2D eigenvalue weighted by Crippen LogP contribution is 2.32. The van der Waals surface area contributed by atoms with E-state index in [1.807, 2.05) is 22.9 Å². The maximum atomic E-state index is 6.36. The lowest BCUT2D eigenvalue weighted by molar-refractivity contribution is 0.0273. The molecule has 1 unspecified atom stereocenters. The average molecular weight is 364 g/mol. The standard InChI is InChI=1S/C16H14ClN3O3S/c17-9-5-10-15(19-13(9)8-2-4-24-7-8)20-16(18-10)23-12-6-22-11-1-3-21-14(11)12/h2,4-5,7,11-12,14H,1,3,6H2,(H,18,19,20)/t11-,12?,14+/m1/s1. The summed E-state index contributed by atoms with van der Waals surface area (Å²) in [6.45, 7) is 1.23. The van der Waals surface area contributed by atoms with Gasteiger partial charge >= 0.3 is 0 Å². The summed E-state index contributed by atoms with van der Waals surface area (Å²) in [4.78, 5) is 12.1. The second-order valence-corrected chi connectivity index (χ2v) is 7.08. The normalized spacial score (nSPS) is 26.1. The fourth-order valence-corrected chi connectivity index (χ4v) is 4.13. The van der Waals surface area contributed by atoms with Crippen molar-refractivity contribution in [3.05, 3.63) is 27.9 Å². The Labute approximate surface area is 146 Å². The van der Waals surface area contributed by atoms with E-state index in [9.17, 15) is 0 Å². The van der Waals surface area contributed by atoms with Crippen LogP contribution in [-0.4, -0.2) is 46.5 Å². The van der Waals surface area contributed by atoms with Crippen molar-refractivity contribution in [2.24, 2.45) is 0 Å². The highest BCUT2D eigenvalue weighted by atomic mass is 35.5. The molecule has 124 valence electrons. The molecule has 3 aromatic rings. The summed E-state index contributed by atoms with van der Waals surface area (Å²) in [5.41, 5.74) is 3.05. The first-order valence-electron chi connectivity index (χ1n) is 7.76. The van der Waals surface area contributed by atoms with Gasteiger partial charge in [0.05, 0.1) is 28.9 Å². The number of fused-ring (bicyclic) bond motifs is 2. The third-order valence-electron chi connectivity index (χ3n) is 4.38. The second kappa shape index (κ2) is 5.70. The molecule has 0 bridgehead atoms. The molecule has 3 aromatic heterocycles. The van der Waals surface area contributed by atoms with Gasteiger partial charge < -0.3 is 19.2 Å². The van der Waals surface area contributed by atoms with Gasteiger partial charge in [-0.15, -0.1) is 0 Å². The molecule has 5 heterocycles. The number of aromatic amines is 1. The molecule has 24 heavy (non-hydrogen) atoms. The molecule has 0 aromatic carbocycles. The number of imidazole rings is 1. The number of nitrogens with zero attached hydrogens (tertiary/aromatic N) is 2. The van der Waals surface area contributed by atoms with Crippen LogP contribution in [0.4, 0.5) is 0 Å². The Morgan fingerprint density at radius 2 is 2.29 bits per heavy atom. The first-order chi connectivity index (χ1) is 11.8. The summed E-state index contributed by atoms with van der Waals surface area (Å²) in [7, 11) is 0. The smallest absolute Gasteiger partial charge is 0.296 e. The Morgan fingerprint density at radius 3 is 3.17 bits per heavy atom. The van der Waals surface area contributed by atoms with E-state index in [4.69, 9.17) is 25.8 Å². The van der Waals surface area contributed by atoms with E-state index in [-0.39, 0.29) is 18.3 Å². The fourth-order valence-electron chi connectivity index (χ4n) is 3.23. The Kier molecular flexibility index (Phi) is 3.48. The van der Waals surface area contributed by atoms with Crippen LogP contribution in [0.25, 0.3) is 22.4 Å². The third-order valence-corrected chi connectivity index (χ3v) is 5.35. The molecule has 8 heteroatoms. The number of ether oxygens (including phenoxy) is 3. The summed E-state index contributed by atoms with van der Waals surface area (Å²) < 4.78 is 17.3. The first-order valence-corrected chi connectivity index (χ1v) is 9.09. The number of pyridine rings is 1. The summed E-state index contributed by atoms with van der Waals surface area (Å²) in [5, 5.41) is 4.59. The molecular weight excluding hydrogens is 350 g/mol. The van der Waals surface area contributed by atoms with Gasteiger partial charge in [-0.2, -0.15) is 16.3 Å². The molecule has 2 aliphatic rings. The van der Waals surface area contributed by atoms with Crippen molar-refractivity contribution >= 4 is 34.1 Å². The summed E-state index contributed by atoms with van der Waals surface area (Å²) in [6.07, 6.45) is 0.893. The lowest BCUT2D eigenvalue weighted by Crippen LogP contribution is -2.32. The minimum absolute atomic E-state index is 0.0175. The Hall–Kier alpha value is -1.67. The van der Waals surface area contributed by atoms with Crippen molar-refractivity contribution in [3.63, 3.8) is 0 Å². The van der Waals surface area contributed by atoms with E-state index >= 15 is 0 Å². The second-order valence-electron chi connectivity index (χ2n) is 5.90. The Bertz CT molecular complexity index is 882. The van der Waals surface area contributed by atoms with E-state index in [2.05, 4.69) is 15.0 Å². The predicted octanol–water partition coefficient (Wildman–Crippen LogP) is 3.27. The largest absolute Gasteiger partial charge is 0.456 e. The number of halogens is 1. The monoisotopic (exact) mass is 363 g/mol. The third kappa shape index (κ3) is 2.39. The van der Waals surface area contributed by atoms with Crippen LogP contribution in [-0.2, 0) is 9.47 Å². The fraction of sp³-hybridized carbons (Fsp3) is 0.375. The van der Waals surface area contributed by atoms with Gasteiger partial charge in [-0.1, -0.05) is 11.6 Å². The maximum absolute atomic E-state index is 6.36. The van der Waals surface area contributed by atoms with Gasteiger partial charge in [0.25, 0.3) is 6.01 Å². The van der Waals surface area contributed by atoms with Crippen molar-refractivity contribution in [3.8, 4) is 17.3 Å². The number of hydrogen-bond acceptors (Lipinski definition) is 6. The molecule has 0 saturated carbocycles. The van der Waals surface area contributed by atoms with Gasteiger partial charge in [0, 0.05) is 17.6 Å². The zero-order valence-corrected chi connectivity index (χ0v) is 14.1. The predicted molar refractivity (Wildman–Crippen MR) is 90.7 cm³/mol. The number of rotatable bonds is 3. The average Bonchev–Trinajstić information content (AvgIpc) is 3.31. The summed E-state index contributed by atoms with van der Waals surface area (Å²) in [6, 6.07) is 4.24. The van der Waals surface area contributed by atoms with Gasteiger partial charge in [-0.3, -0.25) is 0 Å². The molecule has 3 atom stereocenters. The number of hydrogen-bond donors (Lipinski definition) is 1. The molecular formula is C16H14ClN3O3S. The van der Waals surface area contributed by atoms with Gasteiger partial charge in [-0.25, -0.2) is 4.98 Å². The molecule has 2 saturated heterocycles. The molecule has 0 radical (unpaired) electrons. The van der Waals surface area contributed by atoms with Gasteiger partial charge in [0.2, 0.25) is 0 Å². The van der Waals surface area contributed by atoms with Crippen LogP contribution in [0, 0.1) is 0 Å². The SMILES string of the molecule is Clc1cc2[nH]c(OC3CO[C@@H]4CCO[C@H]34)nc2nc1-c1ccsc1. The van der Waals surface area contributed by atoms with Crippen molar-refractivity contribution in [1.29, 1.82) is 0 Å². The zero-order chi connectivity index (χ0) is 16.1. The van der Waals surface area contributed by atoms with Crippen molar-refractivity contribution in [2.45, 2.75) is 24.7 Å². The molecule has 0 aliphatic carbocycles. The van der Waals surface area contributed by atoms with Crippen LogP contribution < -0.4 is 4.74 Å². The van der Waals surface area contributed by atoms with Gasteiger partial charge in [0.15, 0.2) is 11.8 Å². The van der Waals surface area contributed by atoms with Gasteiger partial charge in [-0.05, 0) is 23.9 Å². The molecule has 0 amide bonds. The van der Waals surface area contributed by atoms with Crippen LogP contribution in [0.2, 0.25) is 5.02 Å². The van der Waals surface area contributed by atoms with Crippen molar-refractivity contribution in [1.82, 2.24) is 15.0 Å². The molecule has 1 N–H and O–H groups in total. The summed E-state index contributed by atoms with van der Waals surface area (Å²) >= 11 is 7.97. The first kappa shape index (κ1) is 14.7. The van der Waals surface area contributed by atoms with Crippen LogP contribution in [0.1, 0.15) is 6.42 Å². The highest BCUT2D eigenvalue weighted by molar-refractivity contribution is 7.08. The minimum atomic E-state index is -0.148. The number of thiophene rings is 1. The summed E-state index contributed by atoms with van der Waals surface area (Å²) in [5.74, 6) is 0. The van der Waals surface area contributed by atoms with Crippen LogP contribution in [0.3, 0.4) is 0 Å². The van der Waals surface area contributed by atoms with Crippen LogP contribution in [0.5, 0.6) is 6.01 Å². The molecule has 0 spiro atoms. The molecule has 2 fully saturated rings. The Morgan fingerprint density at radius 1 is 1.33 bits per heavy atom. The van der Waals surface area contributed by atoms with Gasteiger partial charge in [0.1, 0.15) is 6.10 Å². The van der Waals surface area contributed by atoms with Crippen LogP contribution >= 0.6 is 22.9 Å². The van der Waals surface area contributed by atoms with E-state index < -0.39 is 0 Å². The topological polar surface area (TPSA) is 69.3 Å². The molecule has 5 rings (SSSR count). The number of H-pyrrole nitrogens is 1. The maximum Gasteiger partial charge on any atom is 0.296 e. The zero-order valence-electron chi connectivity index (χ0n) is 12.6. The Balaban J connectivity index is 1.45. The van der Waals surface area contributed by atoms with E-state index in [1.54, 1.807) is 11.3 Å². The lowest BCUT2D eigenvalue weighted by Gasteiger charge is -2.15. The molecule has 2 aliphatic heterocycles. The van der Waals surface area contributed by atoms with E-state index in [1.165, 1.54) is 0 Å². The lowest BCUT2D eigenvalue weighted by atomic mass is 10.1. The quantitative estimate of drug-likeness (QED) is 0.773. The number of nitrogens with one attached hydrogen (secondary N) is 1. The van der Waals surface area contributed by atoms with Crippen LogP contribution in [0.15, 0.2) is 22.9 Å².